The van der Waals surface area contributed by atoms with E-state index in [1.165, 1.54) is 12.8 Å². The van der Waals surface area contributed by atoms with Crippen molar-refractivity contribution < 1.29 is 9.32 Å². The predicted molar refractivity (Wildman–Crippen MR) is 88.2 cm³/mol. The second kappa shape index (κ2) is 7.41. The molecule has 1 aliphatic carbocycles. The summed E-state index contributed by atoms with van der Waals surface area (Å²) in [5.74, 6) is 2.01. The maximum atomic E-state index is 12.7. The fourth-order valence-electron chi connectivity index (χ4n) is 3.28. The summed E-state index contributed by atoms with van der Waals surface area (Å²) in [6.45, 7) is 7.17. The van der Waals surface area contributed by atoms with Gasteiger partial charge in [0.15, 0.2) is 0 Å². The smallest absolute Gasteiger partial charge is 0.120 e. The number of benzene rings is 1. The van der Waals surface area contributed by atoms with Crippen LogP contribution in [0.1, 0.15) is 45.6 Å². The van der Waals surface area contributed by atoms with Gasteiger partial charge in [0, 0.05) is 12.1 Å². The number of hydrogen-bond acceptors (Lipinski definition) is 2. The fraction of sp³-hybridized carbons (Fsp3) is 0.647. The topological polar surface area (TPSA) is 49.3 Å². The molecule has 1 fully saturated rings. The maximum absolute atomic E-state index is 12.7. The third-order valence-electron chi connectivity index (χ3n) is 4.63. The summed E-state index contributed by atoms with van der Waals surface area (Å²) >= 11 is 0. The normalized spacial score (nSPS) is 27.7. The molecule has 0 aliphatic heterocycles. The monoisotopic (exact) mass is 309 g/mol. The average molecular weight is 309 g/mol. The molecule has 2 rings (SSSR count). The standard InChI is InChI=1S/C17H27NO2S/c1-12(2)15-9-8-13(3)10-17(15)21(20)18-11-14-6-4-5-7-16(14)19/h4-7,12-13,15,17-19H,8-11H2,1-3H3/t13-,15+,17+,21+/m1/s1. The highest BCUT2D eigenvalue weighted by molar-refractivity contribution is 7.83. The van der Waals surface area contributed by atoms with Gasteiger partial charge in [-0.1, -0.05) is 45.4 Å². The van der Waals surface area contributed by atoms with Crippen LogP contribution in [0.5, 0.6) is 5.75 Å². The Bertz CT molecular complexity index is 489. The van der Waals surface area contributed by atoms with Crippen molar-refractivity contribution in [2.75, 3.05) is 0 Å². The molecule has 4 atom stereocenters. The van der Waals surface area contributed by atoms with Gasteiger partial charge in [-0.25, -0.2) is 8.93 Å². The number of phenolic OH excluding ortho intramolecular Hbond substituents is 1. The van der Waals surface area contributed by atoms with E-state index in [2.05, 4.69) is 25.5 Å². The minimum atomic E-state index is -1.05. The summed E-state index contributed by atoms with van der Waals surface area (Å²) in [5, 5.41) is 10.00. The van der Waals surface area contributed by atoms with Gasteiger partial charge in [-0.3, -0.25) is 0 Å². The van der Waals surface area contributed by atoms with Crippen LogP contribution in [0.25, 0.3) is 0 Å². The predicted octanol–water partition coefficient (Wildman–Crippen LogP) is 3.61. The van der Waals surface area contributed by atoms with E-state index in [4.69, 9.17) is 0 Å². The zero-order valence-electron chi connectivity index (χ0n) is 13.2. The lowest BCUT2D eigenvalue weighted by molar-refractivity contribution is 0.240. The number of para-hydroxylation sites is 1. The Balaban J connectivity index is 1.99. The Kier molecular flexibility index (Phi) is 5.82. The van der Waals surface area contributed by atoms with E-state index < -0.39 is 11.0 Å². The highest BCUT2D eigenvalue weighted by Crippen LogP contribution is 2.36. The van der Waals surface area contributed by atoms with Crippen LogP contribution in [0.2, 0.25) is 0 Å². The molecule has 0 heterocycles. The molecule has 2 N–H and O–H groups in total. The van der Waals surface area contributed by atoms with Crippen molar-refractivity contribution in [3.63, 3.8) is 0 Å². The van der Waals surface area contributed by atoms with Crippen molar-refractivity contribution in [1.82, 2.24) is 4.72 Å². The molecule has 0 bridgehead atoms. The van der Waals surface area contributed by atoms with Crippen LogP contribution in [-0.2, 0) is 17.5 Å². The lowest BCUT2D eigenvalue weighted by Crippen LogP contribution is -2.40. The van der Waals surface area contributed by atoms with E-state index >= 15 is 0 Å². The average Bonchev–Trinajstić information content (AvgIpc) is 2.45. The summed E-state index contributed by atoms with van der Waals surface area (Å²) in [4.78, 5) is 0. The first-order chi connectivity index (χ1) is 9.99. The van der Waals surface area contributed by atoms with Gasteiger partial charge in [-0.2, -0.15) is 0 Å². The van der Waals surface area contributed by atoms with Gasteiger partial charge in [0.05, 0.1) is 16.2 Å². The van der Waals surface area contributed by atoms with Gasteiger partial charge >= 0.3 is 0 Å². The van der Waals surface area contributed by atoms with E-state index in [9.17, 15) is 9.32 Å². The van der Waals surface area contributed by atoms with Gasteiger partial charge in [0.1, 0.15) is 5.75 Å². The first-order valence-electron chi connectivity index (χ1n) is 7.90. The Morgan fingerprint density at radius 2 is 2.05 bits per heavy atom. The van der Waals surface area contributed by atoms with Crippen molar-refractivity contribution in [2.45, 2.75) is 51.8 Å². The summed E-state index contributed by atoms with van der Waals surface area (Å²) in [5.41, 5.74) is 0.802. The summed E-state index contributed by atoms with van der Waals surface area (Å²) < 4.78 is 15.8. The number of nitrogens with one attached hydrogen (secondary N) is 1. The minimum Gasteiger partial charge on any atom is -0.508 e. The van der Waals surface area contributed by atoms with Crippen LogP contribution in [0.15, 0.2) is 24.3 Å². The largest absolute Gasteiger partial charge is 0.508 e. The van der Waals surface area contributed by atoms with Crippen LogP contribution in [-0.4, -0.2) is 14.6 Å². The van der Waals surface area contributed by atoms with Crippen molar-refractivity contribution in [1.29, 1.82) is 0 Å². The molecule has 1 saturated carbocycles. The molecule has 21 heavy (non-hydrogen) atoms. The zero-order chi connectivity index (χ0) is 15.4. The van der Waals surface area contributed by atoms with Crippen molar-refractivity contribution in [2.24, 2.45) is 17.8 Å². The molecule has 0 radical (unpaired) electrons. The molecular formula is C17H27NO2S. The van der Waals surface area contributed by atoms with Gasteiger partial charge in [-0.05, 0) is 36.7 Å². The molecule has 1 aromatic carbocycles. The third-order valence-corrected chi connectivity index (χ3v) is 6.15. The molecule has 118 valence electrons. The van der Waals surface area contributed by atoms with E-state index in [0.717, 1.165) is 12.0 Å². The first kappa shape index (κ1) is 16.5. The molecule has 3 nitrogen and oxygen atoms in total. The second-order valence-electron chi connectivity index (χ2n) is 6.61. The first-order valence-corrected chi connectivity index (χ1v) is 9.11. The quantitative estimate of drug-likeness (QED) is 0.873. The number of rotatable bonds is 5. The minimum absolute atomic E-state index is 0.222. The van der Waals surface area contributed by atoms with Crippen LogP contribution < -0.4 is 4.72 Å². The molecule has 0 saturated heterocycles. The Morgan fingerprint density at radius 3 is 2.71 bits per heavy atom. The lowest BCUT2D eigenvalue weighted by atomic mass is 9.77. The number of hydrogen-bond donors (Lipinski definition) is 2. The van der Waals surface area contributed by atoms with Crippen molar-refractivity contribution in [3.05, 3.63) is 29.8 Å². The van der Waals surface area contributed by atoms with Crippen LogP contribution >= 0.6 is 0 Å². The number of aromatic hydroxyl groups is 1. The summed E-state index contributed by atoms with van der Waals surface area (Å²) in [6.07, 6.45) is 3.45. The molecule has 1 aromatic rings. The fourth-order valence-corrected chi connectivity index (χ4v) is 5.06. The summed E-state index contributed by atoms with van der Waals surface area (Å²) in [6, 6.07) is 7.22. The van der Waals surface area contributed by atoms with E-state index in [0.29, 0.717) is 24.3 Å². The summed E-state index contributed by atoms with van der Waals surface area (Å²) in [7, 11) is -1.05. The Labute approximate surface area is 130 Å². The van der Waals surface area contributed by atoms with Crippen LogP contribution in [0.3, 0.4) is 0 Å². The Hall–Kier alpha value is -0.870. The van der Waals surface area contributed by atoms with Crippen LogP contribution in [0, 0.1) is 17.8 Å². The van der Waals surface area contributed by atoms with Crippen LogP contribution in [0.4, 0.5) is 0 Å². The highest BCUT2D eigenvalue weighted by atomic mass is 32.2. The second-order valence-corrected chi connectivity index (χ2v) is 8.10. The molecule has 1 aliphatic rings. The van der Waals surface area contributed by atoms with E-state index in [-0.39, 0.29) is 11.0 Å². The van der Waals surface area contributed by atoms with Gasteiger partial charge < -0.3 is 5.11 Å². The highest BCUT2D eigenvalue weighted by Gasteiger charge is 2.34. The van der Waals surface area contributed by atoms with Gasteiger partial charge in [-0.15, -0.1) is 0 Å². The SMILES string of the molecule is CC(C)[C@@H]1CC[C@@H](C)C[C@@H]1[S@](=O)NCc1ccccc1O. The molecular weight excluding hydrogens is 282 g/mol. The van der Waals surface area contributed by atoms with Gasteiger partial charge in [0.25, 0.3) is 0 Å². The van der Waals surface area contributed by atoms with Gasteiger partial charge in [0.2, 0.25) is 0 Å². The third kappa shape index (κ3) is 4.30. The Morgan fingerprint density at radius 1 is 1.33 bits per heavy atom. The zero-order valence-corrected chi connectivity index (χ0v) is 14.0. The molecule has 0 spiro atoms. The molecule has 0 aromatic heterocycles. The van der Waals surface area contributed by atoms with Crippen molar-refractivity contribution >= 4 is 11.0 Å². The van der Waals surface area contributed by atoms with Crippen molar-refractivity contribution in [3.8, 4) is 5.75 Å². The lowest BCUT2D eigenvalue weighted by Gasteiger charge is -2.36. The number of phenols is 1. The molecule has 4 heteroatoms. The maximum Gasteiger partial charge on any atom is 0.120 e. The van der Waals surface area contributed by atoms with E-state index in [1.54, 1.807) is 12.1 Å². The molecule has 0 amide bonds. The molecule has 0 unspecified atom stereocenters. The van der Waals surface area contributed by atoms with E-state index in [1.807, 2.05) is 12.1 Å².